The molecule has 0 heterocycles. The molecule has 0 aliphatic heterocycles. The number of nitrogens with one attached hydrogen (secondary N) is 1. The van der Waals surface area contributed by atoms with Gasteiger partial charge >= 0.3 is 0 Å². The molecular weight excluding hydrogens is 330 g/mol. The molecular formula is C14H20ClNO3S2. The maximum atomic E-state index is 12.4. The first-order valence-corrected chi connectivity index (χ1v) is 9.95. The lowest BCUT2D eigenvalue weighted by Gasteiger charge is -2.26. The van der Waals surface area contributed by atoms with Crippen molar-refractivity contribution in [3.05, 3.63) is 28.8 Å². The van der Waals surface area contributed by atoms with Gasteiger partial charge in [0.15, 0.2) is 0 Å². The molecule has 1 aromatic rings. The third-order valence-electron chi connectivity index (χ3n) is 4.04. The Morgan fingerprint density at radius 1 is 1.38 bits per heavy atom. The van der Waals surface area contributed by atoms with Crippen LogP contribution in [0, 0.1) is 0 Å². The van der Waals surface area contributed by atoms with E-state index in [0.717, 1.165) is 25.7 Å². The van der Waals surface area contributed by atoms with E-state index in [1.807, 2.05) is 6.26 Å². The van der Waals surface area contributed by atoms with Crippen molar-refractivity contribution in [1.29, 1.82) is 0 Å². The highest BCUT2D eigenvalue weighted by Crippen LogP contribution is 2.39. The highest BCUT2D eigenvalue weighted by Gasteiger charge is 2.34. The first-order valence-electron chi connectivity index (χ1n) is 6.86. The van der Waals surface area contributed by atoms with Crippen molar-refractivity contribution in [2.24, 2.45) is 0 Å². The van der Waals surface area contributed by atoms with Gasteiger partial charge in [0.25, 0.3) is 0 Å². The van der Waals surface area contributed by atoms with E-state index in [-0.39, 0.29) is 21.3 Å². The molecule has 1 aliphatic rings. The van der Waals surface area contributed by atoms with Crippen molar-refractivity contribution in [2.75, 3.05) is 12.8 Å². The maximum Gasteiger partial charge on any atom is 0.240 e. The van der Waals surface area contributed by atoms with E-state index in [4.69, 9.17) is 16.7 Å². The Labute approximate surface area is 135 Å². The summed E-state index contributed by atoms with van der Waals surface area (Å²) in [4.78, 5) is 0.138. The smallest absolute Gasteiger partial charge is 0.240 e. The number of aliphatic hydroxyl groups is 1. The second-order valence-corrected chi connectivity index (χ2v) is 8.78. The normalized spacial score (nSPS) is 18.0. The molecule has 0 spiro atoms. The van der Waals surface area contributed by atoms with Gasteiger partial charge in [-0.05, 0) is 36.8 Å². The molecule has 4 nitrogen and oxygen atoms in total. The molecule has 1 saturated carbocycles. The van der Waals surface area contributed by atoms with E-state index in [1.54, 1.807) is 11.8 Å². The van der Waals surface area contributed by atoms with Crippen LogP contribution in [0.15, 0.2) is 23.1 Å². The van der Waals surface area contributed by atoms with E-state index in [2.05, 4.69) is 4.72 Å². The third kappa shape index (κ3) is 3.93. The molecule has 1 aliphatic carbocycles. The van der Waals surface area contributed by atoms with Crippen LogP contribution in [0.4, 0.5) is 0 Å². The zero-order valence-corrected chi connectivity index (χ0v) is 14.3. The van der Waals surface area contributed by atoms with Crippen molar-refractivity contribution in [1.82, 2.24) is 4.72 Å². The van der Waals surface area contributed by atoms with Crippen LogP contribution in [0.3, 0.4) is 0 Å². The molecule has 0 unspecified atom stereocenters. The fraction of sp³-hybridized carbons (Fsp3) is 0.571. The summed E-state index contributed by atoms with van der Waals surface area (Å²) in [5, 5.41) is 9.34. The first-order chi connectivity index (χ1) is 9.92. The molecule has 1 aromatic carbocycles. The summed E-state index contributed by atoms with van der Waals surface area (Å²) in [5.41, 5.74) is 0.520. The Balaban J connectivity index is 2.13. The van der Waals surface area contributed by atoms with Gasteiger partial charge in [-0.1, -0.05) is 30.5 Å². The van der Waals surface area contributed by atoms with Crippen LogP contribution in [0.5, 0.6) is 0 Å². The van der Waals surface area contributed by atoms with E-state index in [1.165, 1.54) is 18.2 Å². The van der Waals surface area contributed by atoms with Crippen molar-refractivity contribution >= 4 is 33.4 Å². The zero-order chi connectivity index (χ0) is 15.5. The molecule has 118 valence electrons. The minimum absolute atomic E-state index is 0.0158. The van der Waals surface area contributed by atoms with Crippen LogP contribution in [-0.2, 0) is 16.6 Å². The number of benzene rings is 1. The van der Waals surface area contributed by atoms with Crippen LogP contribution in [0.2, 0.25) is 5.02 Å². The molecule has 0 saturated heterocycles. The Morgan fingerprint density at radius 2 is 2.05 bits per heavy atom. The van der Waals surface area contributed by atoms with E-state index in [9.17, 15) is 8.42 Å². The lowest BCUT2D eigenvalue weighted by molar-refractivity contribution is 0.282. The average Bonchev–Trinajstić information content (AvgIpc) is 2.95. The number of rotatable bonds is 6. The first kappa shape index (κ1) is 17.1. The van der Waals surface area contributed by atoms with Gasteiger partial charge < -0.3 is 5.11 Å². The molecule has 0 aromatic heterocycles. The fourth-order valence-electron chi connectivity index (χ4n) is 2.61. The largest absolute Gasteiger partial charge is 0.392 e. The van der Waals surface area contributed by atoms with Gasteiger partial charge in [0.05, 0.1) is 11.5 Å². The number of hydrogen-bond donors (Lipinski definition) is 2. The van der Waals surface area contributed by atoms with Gasteiger partial charge in [0, 0.05) is 16.3 Å². The summed E-state index contributed by atoms with van der Waals surface area (Å²) in [6, 6.07) is 4.40. The maximum absolute atomic E-state index is 12.4. The monoisotopic (exact) mass is 349 g/mol. The standard InChI is InChI=1S/C14H20ClNO3S2/c1-20-14(6-2-3-7-14)10-16-21(18,19)12-5-4-11(9-17)13(15)8-12/h4-5,8,16-17H,2-3,6-7,9-10H2,1H3. The van der Waals surface area contributed by atoms with Gasteiger partial charge in [-0.15, -0.1) is 0 Å². The van der Waals surface area contributed by atoms with Crippen LogP contribution >= 0.6 is 23.4 Å². The van der Waals surface area contributed by atoms with Crippen molar-refractivity contribution in [3.8, 4) is 0 Å². The zero-order valence-electron chi connectivity index (χ0n) is 11.9. The van der Waals surface area contributed by atoms with E-state index >= 15 is 0 Å². The van der Waals surface area contributed by atoms with Crippen molar-refractivity contribution in [3.63, 3.8) is 0 Å². The lowest BCUT2D eigenvalue weighted by atomic mass is 10.1. The number of aliphatic hydroxyl groups excluding tert-OH is 1. The van der Waals surface area contributed by atoms with E-state index in [0.29, 0.717) is 12.1 Å². The van der Waals surface area contributed by atoms with Crippen LogP contribution < -0.4 is 4.72 Å². The van der Waals surface area contributed by atoms with Gasteiger partial charge in [-0.2, -0.15) is 11.8 Å². The molecule has 7 heteroatoms. The second kappa shape index (κ2) is 6.87. The molecule has 0 atom stereocenters. The molecule has 0 bridgehead atoms. The van der Waals surface area contributed by atoms with Crippen molar-refractivity contribution < 1.29 is 13.5 Å². The average molecular weight is 350 g/mol. The topological polar surface area (TPSA) is 66.4 Å². The Kier molecular flexibility index (Phi) is 5.59. The number of halogens is 1. The summed E-state index contributed by atoms with van der Waals surface area (Å²) in [5.74, 6) is 0. The van der Waals surface area contributed by atoms with Gasteiger partial charge in [-0.25, -0.2) is 13.1 Å². The third-order valence-corrected chi connectivity index (χ3v) is 7.21. The summed E-state index contributed by atoms with van der Waals surface area (Å²) in [6.45, 7) is 0.234. The second-order valence-electron chi connectivity index (χ2n) is 5.33. The van der Waals surface area contributed by atoms with E-state index < -0.39 is 10.0 Å². The molecule has 0 radical (unpaired) electrons. The predicted molar refractivity (Wildman–Crippen MR) is 87.3 cm³/mol. The predicted octanol–water partition coefficient (Wildman–Crippen LogP) is 2.79. The molecule has 2 rings (SSSR count). The minimum Gasteiger partial charge on any atom is -0.392 e. The highest BCUT2D eigenvalue weighted by molar-refractivity contribution is 8.00. The van der Waals surface area contributed by atoms with Gasteiger partial charge in [0.2, 0.25) is 10.0 Å². The molecule has 0 amide bonds. The Morgan fingerprint density at radius 3 is 2.57 bits per heavy atom. The molecule has 21 heavy (non-hydrogen) atoms. The minimum atomic E-state index is -3.57. The summed E-state index contributed by atoms with van der Waals surface area (Å²) >= 11 is 7.70. The SMILES string of the molecule is CSC1(CNS(=O)(=O)c2ccc(CO)c(Cl)c2)CCCC1. The molecule has 2 N–H and O–H groups in total. The van der Waals surface area contributed by atoms with Gasteiger partial charge in [-0.3, -0.25) is 0 Å². The fourth-order valence-corrected chi connectivity index (χ4v) is 5.07. The van der Waals surface area contributed by atoms with Crippen LogP contribution in [-0.4, -0.2) is 31.1 Å². The molecule has 1 fully saturated rings. The Bertz CT molecular complexity index is 598. The summed E-state index contributed by atoms with van der Waals surface area (Å²) < 4.78 is 27.4. The number of hydrogen-bond acceptors (Lipinski definition) is 4. The van der Waals surface area contributed by atoms with Crippen LogP contribution in [0.1, 0.15) is 31.2 Å². The lowest BCUT2D eigenvalue weighted by Crippen LogP contribution is -2.38. The van der Waals surface area contributed by atoms with Crippen molar-refractivity contribution in [2.45, 2.75) is 41.9 Å². The number of sulfonamides is 1. The quantitative estimate of drug-likeness (QED) is 0.828. The summed E-state index contributed by atoms with van der Waals surface area (Å²) in [7, 11) is -3.57. The number of thioether (sulfide) groups is 1. The Hall–Kier alpha value is -0.270. The van der Waals surface area contributed by atoms with Gasteiger partial charge in [0.1, 0.15) is 0 Å². The van der Waals surface area contributed by atoms with Crippen LogP contribution in [0.25, 0.3) is 0 Å². The highest BCUT2D eigenvalue weighted by atomic mass is 35.5. The summed E-state index contributed by atoms with van der Waals surface area (Å²) in [6.07, 6.45) is 6.42.